The van der Waals surface area contributed by atoms with E-state index in [-0.39, 0.29) is 24.0 Å². The second-order valence-electron chi connectivity index (χ2n) is 11.7. The Morgan fingerprint density at radius 1 is 0.733 bits per heavy atom. The second-order valence-corrected chi connectivity index (χ2v) is 15.8. The van der Waals surface area contributed by atoms with Gasteiger partial charge in [0.2, 0.25) is 0 Å². The quantitative estimate of drug-likeness (QED) is 0.0955. The molecule has 4 aromatic carbocycles. The summed E-state index contributed by atoms with van der Waals surface area (Å²) in [6, 6.07) is 32.2. The van der Waals surface area contributed by atoms with Crippen LogP contribution < -0.4 is 29.8 Å². The number of halogens is 1. The summed E-state index contributed by atoms with van der Waals surface area (Å²) in [6.07, 6.45) is 1.90. The van der Waals surface area contributed by atoms with Gasteiger partial charge in [0.25, 0.3) is 8.32 Å². The van der Waals surface area contributed by atoms with E-state index in [4.69, 9.17) is 23.4 Å². The van der Waals surface area contributed by atoms with Gasteiger partial charge in [-0.05, 0) is 44.8 Å². The van der Waals surface area contributed by atoms with Gasteiger partial charge in [0.05, 0.1) is 44.1 Å². The topological polar surface area (TPSA) is 46.2 Å². The lowest BCUT2D eigenvalue weighted by Gasteiger charge is -2.49. The van der Waals surface area contributed by atoms with E-state index in [1.807, 2.05) is 13.0 Å². The van der Waals surface area contributed by atoms with Crippen molar-refractivity contribution in [1.29, 1.82) is 0 Å². The van der Waals surface area contributed by atoms with Crippen LogP contribution in [0.1, 0.15) is 37.5 Å². The Morgan fingerprint density at radius 2 is 1.20 bits per heavy atom. The molecule has 0 amide bonds. The SMILES string of the molecule is C=CC[C@H]1O[C@@H](c2c(Br)c(OC)c(C)c(OC)c2OC)[C@H](C)[C@@H](O[Si](c2ccccc2)(c2ccccc2)c2ccccc2)[C@H]1C. The summed E-state index contributed by atoms with van der Waals surface area (Å²) >= 11 is 3.88. The number of methoxy groups -OCH3 is 3. The molecule has 5 nitrogen and oxygen atoms in total. The van der Waals surface area contributed by atoms with Gasteiger partial charge in [-0.2, -0.15) is 0 Å². The molecule has 0 aliphatic carbocycles. The molecule has 0 aromatic heterocycles. The van der Waals surface area contributed by atoms with Gasteiger partial charge in [0, 0.05) is 23.0 Å². The Hall–Kier alpha value is -3.36. The number of rotatable bonds is 11. The van der Waals surface area contributed by atoms with Crippen molar-refractivity contribution in [3.05, 3.63) is 119 Å². The third-order valence-electron chi connectivity index (χ3n) is 9.14. The van der Waals surface area contributed by atoms with Crippen molar-refractivity contribution in [2.45, 2.75) is 45.5 Å². The van der Waals surface area contributed by atoms with E-state index >= 15 is 0 Å². The molecule has 1 fully saturated rings. The molecule has 1 heterocycles. The van der Waals surface area contributed by atoms with Crippen LogP contribution in [0.3, 0.4) is 0 Å². The largest absolute Gasteiger partial charge is 0.495 e. The van der Waals surface area contributed by atoms with Crippen molar-refractivity contribution in [1.82, 2.24) is 0 Å². The first-order valence-corrected chi connectivity index (χ1v) is 18.1. The first kappa shape index (κ1) is 33.0. The summed E-state index contributed by atoms with van der Waals surface area (Å²) in [5, 5.41) is 3.59. The molecule has 1 aliphatic heterocycles. The summed E-state index contributed by atoms with van der Waals surface area (Å²) < 4.78 is 33.5. The van der Waals surface area contributed by atoms with Crippen LogP contribution >= 0.6 is 15.9 Å². The van der Waals surface area contributed by atoms with Crippen molar-refractivity contribution < 1.29 is 23.4 Å². The van der Waals surface area contributed by atoms with Crippen LogP contribution in [0.5, 0.6) is 17.2 Å². The lowest BCUT2D eigenvalue weighted by molar-refractivity contribution is -0.159. The van der Waals surface area contributed by atoms with Crippen molar-refractivity contribution >= 4 is 39.8 Å². The normalized spacial score (nSPS) is 21.6. The lowest BCUT2D eigenvalue weighted by Crippen LogP contribution is -2.71. The van der Waals surface area contributed by atoms with Crippen LogP contribution in [0.15, 0.2) is 108 Å². The van der Waals surface area contributed by atoms with E-state index < -0.39 is 14.4 Å². The molecule has 4 aromatic rings. The average molecular weight is 688 g/mol. The van der Waals surface area contributed by atoms with Crippen LogP contribution in [-0.2, 0) is 9.16 Å². The van der Waals surface area contributed by atoms with Crippen molar-refractivity contribution in [2.75, 3.05) is 21.3 Å². The Balaban J connectivity index is 1.74. The van der Waals surface area contributed by atoms with Gasteiger partial charge < -0.3 is 23.4 Å². The average Bonchev–Trinajstić information content (AvgIpc) is 3.08. The van der Waals surface area contributed by atoms with Crippen molar-refractivity contribution in [2.24, 2.45) is 11.8 Å². The van der Waals surface area contributed by atoms with Crippen LogP contribution in [-0.4, -0.2) is 41.9 Å². The summed E-state index contributed by atoms with van der Waals surface area (Å²) in [5.74, 6) is 1.93. The second kappa shape index (κ2) is 14.4. The molecule has 5 rings (SSSR count). The van der Waals surface area contributed by atoms with Gasteiger partial charge in [-0.3, -0.25) is 0 Å². The van der Waals surface area contributed by atoms with Gasteiger partial charge in [-0.25, -0.2) is 0 Å². The molecule has 0 N–H and O–H groups in total. The van der Waals surface area contributed by atoms with E-state index in [0.717, 1.165) is 15.6 Å². The summed E-state index contributed by atoms with van der Waals surface area (Å²) in [4.78, 5) is 0. The third-order valence-corrected chi connectivity index (χ3v) is 14.0. The molecule has 1 aliphatic rings. The molecule has 45 heavy (non-hydrogen) atoms. The van der Waals surface area contributed by atoms with Crippen LogP contribution in [0.2, 0.25) is 0 Å². The molecular formula is C38H43BrO5Si. The van der Waals surface area contributed by atoms with Gasteiger partial charge >= 0.3 is 0 Å². The van der Waals surface area contributed by atoms with Gasteiger partial charge in [0.15, 0.2) is 11.5 Å². The Kier molecular flexibility index (Phi) is 10.5. The summed E-state index contributed by atoms with van der Waals surface area (Å²) in [6.45, 7) is 10.5. The maximum absolute atomic E-state index is 7.85. The Labute approximate surface area is 277 Å². The zero-order valence-corrected chi connectivity index (χ0v) is 29.5. The number of benzene rings is 4. The molecule has 0 spiro atoms. The third kappa shape index (κ3) is 5.99. The van der Waals surface area contributed by atoms with Gasteiger partial charge in [-0.15, -0.1) is 6.58 Å². The standard InChI is InChI=1S/C38H43BrO5Si/c1-8-18-31-25(2)34(26(3)35(43-31)32-33(39)36(40-5)27(4)37(41-6)38(32)42-7)44-45(28-19-12-9-13-20-28,29-21-14-10-15-22-29)30-23-16-11-17-24-30/h8-17,19-26,31,34-35H,1,18H2,2-7H3/t25-,26+,31+,34-,35+/m0/s1. The van der Waals surface area contributed by atoms with Gasteiger partial charge in [0.1, 0.15) is 5.75 Å². The maximum atomic E-state index is 7.85. The van der Waals surface area contributed by atoms with E-state index in [1.54, 1.807) is 21.3 Å². The van der Waals surface area contributed by atoms with E-state index in [0.29, 0.717) is 23.7 Å². The number of ether oxygens (including phenoxy) is 4. The molecule has 0 saturated carbocycles. The van der Waals surface area contributed by atoms with Crippen LogP contribution in [0.25, 0.3) is 0 Å². The molecule has 236 valence electrons. The monoisotopic (exact) mass is 686 g/mol. The predicted molar refractivity (Wildman–Crippen MR) is 188 cm³/mol. The Morgan fingerprint density at radius 3 is 1.62 bits per heavy atom. The zero-order chi connectivity index (χ0) is 32.1. The van der Waals surface area contributed by atoms with Crippen LogP contribution in [0.4, 0.5) is 0 Å². The first-order chi connectivity index (χ1) is 21.8. The Bertz CT molecular complexity index is 1480. The van der Waals surface area contributed by atoms with E-state index in [9.17, 15) is 0 Å². The summed E-state index contributed by atoms with van der Waals surface area (Å²) in [5.41, 5.74) is 1.70. The van der Waals surface area contributed by atoms with Crippen molar-refractivity contribution in [3.8, 4) is 17.2 Å². The molecule has 7 heteroatoms. The maximum Gasteiger partial charge on any atom is 0.288 e. The first-order valence-electron chi connectivity index (χ1n) is 15.4. The summed E-state index contributed by atoms with van der Waals surface area (Å²) in [7, 11) is 1.96. The minimum atomic E-state index is -3.03. The van der Waals surface area contributed by atoms with Gasteiger partial charge in [-0.1, -0.05) is 111 Å². The fourth-order valence-electron chi connectivity index (χ4n) is 6.93. The molecule has 5 atom stereocenters. The van der Waals surface area contributed by atoms with E-state index in [1.165, 1.54) is 15.6 Å². The molecule has 1 saturated heterocycles. The molecule has 0 bridgehead atoms. The lowest BCUT2D eigenvalue weighted by atomic mass is 9.79. The number of hydrogen-bond donors (Lipinski definition) is 0. The molecular weight excluding hydrogens is 644 g/mol. The highest BCUT2D eigenvalue weighted by Gasteiger charge is 2.51. The molecule has 0 radical (unpaired) electrons. The fraction of sp³-hybridized carbons (Fsp3) is 0.316. The predicted octanol–water partition coefficient (Wildman–Crippen LogP) is 7.12. The number of hydrogen-bond acceptors (Lipinski definition) is 5. The minimum absolute atomic E-state index is 0.0660. The highest BCUT2D eigenvalue weighted by atomic mass is 79.9. The fourth-order valence-corrected chi connectivity index (χ4v) is 12.0. The highest BCUT2D eigenvalue weighted by molar-refractivity contribution is 9.10. The van der Waals surface area contributed by atoms with Crippen LogP contribution in [0, 0.1) is 18.8 Å². The van der Waals surface area contributed by atoms with Crippen molar-refractivity contribution in [3.63, 3.8) is 0 Å². The molecule has 0 unspecified atom stereocenters. The smallest absolute Gasteiger partial charge is 0.288 e. The van der Waals surface area contributed by atoms with E-state index in [2.05, 4.69) is 127 Å². The highest BCUT2D eigenvalue weighted by Crippen LogP contribution is 2.54. The minimum Gasteiger partial charge on any atom is -0.495 e. The zero-order valence-electron chi connectivity index (χ0n) is 27.0.